The summed E-state index contributed by atoms with van der Waals surface area (Å²) in [6, 6.07) is 0. The van der Waals surface area contributed by atoms with E-state index >= 15 is 0 Å². The van der Waals surface area contributed by atoms with Crippen molar-refractivity contribution in [1.29, 1.82) is 0 Å². The molecule has 0 fully saturated rings. The molecule has 8 heteroatoms. The Kier molecular flexibility index (Phi) is 9.46. The molecule has 0 spiro atoms. The Morgan fingerprint density at radius 3 is 2.33 bits per heavy atom. The van der Waals surface area contributed by atoms with Crippen LogP contribution in [0.5, 0.6) is 0 Å². The van der Waals surface area contributed by atoms with Gasteiger partial charge in [0.25, 0.3) is 0 Å². The van der Waals surface area contributed by atoms with Gasteiger partial charge in [0.05, 0.1) is 26.4 Å². The second kappa shape index (κ2) is 9.37. The van der Waals surface area contributed by atoms with Crippen molar-refractivity contribution in [2.24, 2.45) is 0 Å². The lowest BCUT2D eigenvalue weighted by atomic mass is 10.7. The van der Waals surface area contributed by atoms with E-state index in [-0.39, 0.29) is 12.4 Å². The van der Waals surface area contributed by atoms with Crippen molar-refractivity contribution >= 4 is 19.9 Å². The van der Waals surface area contributed by atoms with Crippen LogP contribution >= 0.6 is 10.8 Å². The van der Waals surface area contributed by atoms with Gasteiger partial charge in [-0.15, -0.1) is 0 Å². The molecule has 15 heavy (non-hydrogen) atoms. The predicted octanol–water partition coefficient (Wildman–Crippen LogP) is -0.225. The highest BCUT2D eigenvalue weighted by molar-refractivity contribution is 8.69. The highest BCUT2D eigenvalue weighted by atomic mass is 33.1. The first-order valence-electron chi connectivity index (χ1n) is 4.48. The molecule has 0 aliphatic rings. The maximum Gasteiger partial charge on any atom is 0.319 e. The quantitative estimate of drug-likeness (QED) is 0.318. The lowest BCUT2D eigenvalue weighted by Crippen LogP contribution is -2.16. The predicted molar refractivity (Wildman–Crippen MR) is 59.6 cm³/mol. The lowest BCUT2D eigenvalue weighted by Gasteiger charge is -2.04. The number of nitrogens with one attached hydrogen (secondary N) is 1. The van der Waals surface area contributed by atoms with Crippen molar-refractivity contribution in [3.05, 3.63) is 0 Å². The van der Waals surface area contributed by atoms with Crippen molar-refractivity contribution < 1.29 is 22.4 Å². The molecule has 0 unspecified atom stereocenters. The molecule has 0 saturated carbocycles. The summed E-state index contributed by atoms with van der Waals surface area (Å²) in [5.41, 5.74) is 0. The highest BCUT2D eigenvalue weighted by Crippen LogP contribution is 2.07. The van der Waals surface area contributed by atoms with E-state index in [1.54, 1.807) is 0 Å². The molecule has 0 rings (SSSR count). The van der Waals surface area contributed by atoms with Gasteiger partial charge in [-0.3, -0.25) is 4.55 Å². The SMILES string of the molecule is CNCCOCCOCCSS(=O)(=O)O. The maximum absolute atomic E-state index is 10.3. The van der Waals surface area contributed by atoms with Gasteiger partial charge >= 0.3 is 9.15 Å². The van der Waals surface area contributed by atoms with Crippen molar-refractivity contribution in [3.63, 3.8) is 0 Å². The maximum atomic E-state index is 10.3. The third kappa shape index (κ3) is 14.1. The van der Waals surface area contributed by atoms with Crippen LogP contribution in [0, 0.1) is 0 Å². The summed E-state index contributed by atoms with van der Waals surface area (Å²) in [5, 5.41) is 2.93. The molecule has 0 radical (unpaired) electrons. The van der Waals surface area contributed by atoms with Crippen LogP contribution in [0.25, 0.3) is 0 Å². The molecule has 92 valence electrons. The standard InChI is InChI=1S/C7H17NO5S2/c1-8-2-3-12-4-5-13-6-7-14-15(9,10)11/h8H,2-7H2,1H3,(H,9,10,11). The molecule has 0 atom stereocenters. The van der Waals surface area contributed by atoms with Gasteiger partial charge in [0, 0.05) is 12.3 Å². The van der Waals surface area contributed by atoms with Gasteiger partial charge in [-0.25, -0.2) is 0 Å². The molecule has 6 nitrogen and oxygen atoms in total. The lowest BCUT2D eigenvalue weighted by molar-refractivity contribution is 0.0555. The molecule has 0 aliphatic carbocycles. The Morgan fingerprint density at radius 1 is 1.20 bits per heavy atom. The average molecular weight is 259 g/mol. The Hall–Kier alpha value is 0.140. The zero-order chi connectivity index (χ0) is 11.6. The van der Waals surface area contributed by atoms with E-state index in [4.69, 9.17) is 14.0 Å². The van der Waals surface area contributed by atoms with Gasteiger partial charge in [0.2, 0.25) is 0 Å². The highest BCUT2D eigenvalue weighted by Gasteiger charge is 2.03. The van der Waals surface area contributed by atoms with Gasteiger partial charge in [-0.2, -0.15) is 8.42 Å². The van der Waals surface area contributed by atoms with Gasteiger partial charge < -0.3 is 14.8 Å². The van der Waals surface area contributed by atoms with Gasteiger partial charge in [-0.1, -0.05) is 0 Å². The molecule has 0 aliphatic heterocycles. The summed E-state index contributed by atoms with van der Waals surface area (Å²) < 4.78 is 39.1. The first kappa shape index (κ1) is 15.1. The molecule has 0 aromatic carbocycles. The van der Waals surface area contributed by atoms with E-state index in [1.807, 2.05) is 7.05 Å². The number of hydrogen-bond acceptors (Lipinski definition) is 6. The van der Waals surface area contributed by atoms with E-state index in [0.29, 0.717) is 30.6 Å². The number of ether oxygens (including phenoxy) is 2. The van der Waals surface area contributed by atoms with E-state index < -0.39 is 9.15 Å². The summed E-state index contributed by atoms with van der Waals surface area (Å²) in [7, 11) is -1.63. The second-order valence-electron chi connectivity index (χ2n) is 2.58. The van der Waals surface area contributed by atoms with Crippen LogP contribution in [0.15, 0.2) is 0 Å². The normalized spacial score (nSPS) is 11.9. The topological polar surface area (TPSA) is 84.9 Å². The molecular formula is C7H17NO5S2. The monoisotopic (exact) mass is 259 g/mol. The fraction of sp³-hybridized carbons (Fsp3) is 1.00. The molecule has 0 saturated heterocycles. The zero-order valence-corrected chi connectivity index (χ0v) is 10.3. The second-order valence-corrected chi connectivity index (χ2v) is 6.05. The third-order valence-corrected chi connectivity index (χ3v) is 3.35. The van der Waals surface area contributed by atoms with Crippen LogP contribution in [-0.2, 0) is 18.6 Å². The van der Waals surface area contributed by atoms with E-state index in [9.17, 15) is 8.42 Å². The van der Waals surface area contributed by atoms with Crippen LogP contribution in [0.1, 0.15) is 0 Å². The Bertz CT molecular complexity index is 232. The minimum absolute atomic E-state index is 0.218. The summed E-state index contributed by atoms with van der Waals surface area (Å²) in [5.74, 6) is 0.218. The first-order valence-corrected chi connectivity index (χ1v) is 7.42. The Labute approximate surface area is 93.9 Å². The van der Waals surface area contributed by atoms with Crippen LogP contribution < -0.4 is 5.32 Å². The van der Waals surface area contributed by atoms with Crippen molar-refractivity contribution in [3.8, 4) is 0 Å². The smallest absolute Gasteiger partial charge is 0.319 e. The number of likely N-dealkylation sites (N-methyl/N-ethyl adjacent to an activating group) is 1. The zero-order valence-electron chi connectivity index (χ0n) is 8.64. The molecule has 0 aromatic rings. The van der Waals surface area contributed by atoms with E-state index in [2.05, 4.69) is 5.32 Å². The van der Waals surface area contributed by atoms with Crippen molar-refractivity contribution in [2.75, 3.05) is 45.8 Å². The molecule has 0 heterocycles. The van der Waals surface area contributed by atoms with Gasteiger partial charge in [-0.05, 0) is 17.8 Å². The summed E-state index contributed by atoms with van der Waals surface area (Å²) in [4.78, 5) is 0. The summed E-state index contributed by atoms with van der Waals surface area (Å²) >= 11 is 0. The van der Waals surface area contributed by atoms with E-state index in [0.717, 1.165) is 6.54 Å². The van der Waals surface area contributed by atoms with Crippen LogP contribution in [0.4, 0.5) is 0 Å². The molecule has 0 amide bonds. The number of hydrogen-bond donors (Lipinski definition) is 2. The minimum Gasteiger partial charge on any atom is -0.378 e. The fourth-order valence-electron chi connectivity index (χ4n) is 0.694. The minimum atomic E-state index is -3.93. The Balaban J connectivity index is 3.06. The summed E-state index contributed by atoms with van der Waals surface area (Å²) in [6.07, 6.45) is 0. The largest absolute Gasteiger partial charge is 0.378 e. The fourth-order valence-corrected chi connectivity index (χ4v) is 1.93. The summed E-state index contributed by atoms with van der Waals surface area (Å²) in [6.45, 7) is 2.60. The third-order valence-electron chi connectivity index (χ3n) is 1.33. The molecular weight excluding hydrogens is 242 g/mol. The Morgan fingerprint density at radius 2 is 1.80 bits per heavy atom. The van der Waals surface area contributed by atoms with Crippen LogP contribution in [0.3, 0.4) is 0 Å². The van der Waals surface area contributed by atoms with Crippen molar-refractivity contribution in [1.82, 2.24) is 5.32 Å². The van der Waals surface area contributed by atoms with Crippen LogP contribution in [-0.4, -0.2) is 58.7 Å². The van der Waals surface area contributed by atoms with Crippen LogP contribution in [0.2, 0.25) is 0 Å². The molecule has 0 aromatic heterocycles. The van der Waals surface area contributed by atoms with Gasteiger partial charge in [0.1, 0.15) is 0 Å². The molecule has 0 bridgehead atoms. The number of rotatable bonds is 10. The average Bonchev–Trinajstić information content (AvgIpc) is 2.14. The van der Waals surface area contributed by atoms with Crippen molar-refractivity contribution in [2.45, 2.75) is 0 Å². The van der Waals surface area contributed by atoms with E-state index in [1.165, 1.54) is 0 Å². The first-order chi connectivity index (χ1) is 7.06. The molecule has 2 N–H and O–H groups in total. The van der Waals surface area contributed by atoms with Gasteiger partial charge in [0.15, 0.2) is 0 Å².